The molecule has 0 aliphatic rings. The van der Waals surface area contributed by atoms with Crippen LogP contribution < -0.4 is 10.6 Å². The van der Waals surface area contributed by atoms with Crippen LogP contribution >= 0.6 is 0 Å². The normalized spacial score (nSPS) is 10.4. The van der Waals surface area contributed by atoms with E-state index < -0.39 is 0 Å². The minimum atomic E-state index is 0.561. The van der Waals surface area contributed by atoms with Gasteiger partial charge in [0.05, 0.1) is 12.5 Å². The van der Waals surface area contributed by atoms with E-state index >= 15 is 0 Å². The zero-order valence-electron chi connectivity index (χ0n) is 9.39. The van der Waals surface area contributed by atoms with Crippen molar-refractivity contribution in [2.45, 2.75) is 13.1 Å². The van der Waals surface area contributed by atoms with Crippen LogP contribution in [0.15, 0.2) is 47.3 Å². The Bertz CT molecular complexity index is 437. The van der Waals surface area contributed by atoms with Gasteiger partial charge in [0.1, 0.15) is 0 Å². The molecule has 2 rings (SSSR count). The number of hydrogen-bond acceptors (Lipinski definition) is 3. The number of furan rings is 1. The lowest BCUT2D eigenvalue weighted by molar-refractivity contribution is 0.563. The van der Waals surface area contributed by atoms with Crippen molar-refractivity contribution in [1.82, 2.24) is 0 Å². The van der Waals surface area contributed by atoms with Gasteiger partial charge < -0.3 is 15.1 Å². The number of nitrogens with zero attached hydrogens (tertiary/aromatic N) is 1. The molecule has 2 aromatic rings. The molecule has 0 amide bonds. The van der Waals surface area contributed by atoms with Gasteiger partial charge in [0.25, 0.3) is 0 Å². The second-order valence-electron chi connectivity index (χ2n) is 3.82. The molecule has 0 saturated heterocycles. The maximum atomic E-state index is 5.72. The fourth-order valence-corrected chi connectivity index (χ4v) is 1.80. The van der Waals surface area contributed by atoms with Gasteiger partial charge in [-0.2, -0.15) is 0 Å². The molecule has 0 fully saturated rings. The summed E-state index contributed by atoms with van der Waals surface area (Å²) in [5, 5.41) is 0. The first-order chi connectivity index (χ1) is 7.81. The average molecular weight is 216 g/mol. The Kier molecular flexibility index (Phi) is 3.27. The molecule has 0 unspecified atom stereocenters. The van der Waals surface area contributed by atoms with Crippen LogP contribution in [0, 0.1) is 0 Å². The molecule has 2 N–H and O–H groups in total. The first-order valence-electron chi connectivity index (χ1n) is 5.31. The summed E-state index contributed by atoms with van der Waals surface area (Å²) in [6, 6.07) is 10.2. The minimum Gasteiger partial charge on any atom is -0.472 e. The molecule has 3 nitrogen and oxygen atoms in total. The predicted molar refractivity (Wildman–Crippen MR) is 65.1 cm³/mol. The highest BCUT2D eigenvalue weighted by molar-refractivity contribution is 5.53. The van der Waals surface area contributed by atoms with Gasteiger partial charge in [0.2, 0.25) is 0 Å². The Morgan fingerprint density at radius 1 is 1.25 bits per heavy atom. The van der Waals surface area contributed by atoms with Crippen molar-refractivity contribution in [3.8, 4) is 0 Å². The summed E-state index contributed by atoms with van der Waals surface area (Å²) in [4.78, 5) is 2.17. The summed E-state index contributed by atoms with van der Waals surface area (Å²) in [6.07, 6.45) is 3.46. The fraction of sp³-hybridized carbons (Fsp3) is 0.231. The maximum Gasteiger partial charge on any atom is 0.0952 e. The number of benzene rings is 1. The van der Waals surface area contributed by atoms with Crippen molar-refractivity contribution in [3.63, 3.8) is 0 Å². The standard InChI is InChI=1S/C13H16N2O/c1-15(9-11-6-7-16-10-11)13-5-3-2-4-12(13)8-14/h2-7,10H,8-9,14H2,1H3. The molecule has 0 spiro atoms. The van der Waals surface area contributed by atoms with Crippen molar-refractivity contribution < 1.29 is 4.42 Å². The number of hydrogen-bond donors (Lipinski definition) is 1. The number of para-hydroxylation sites is 1. The van der Waals surface area contributed by atoms with Crippen molar-refractivity contribution in [3.05, 3.63) is 54.0 Å². The molecular weight excluding hydrogens is 200 g/mol. The van der Waals surface area contributed by atoms with E-state index in [4.69, 9.17) is 10.2 Å². The highest BCUT2D eigenvalue weighted by Gasteiger charge is 2.06. The van der Waals surface area contributed by atoms with Gasteiger partial charge in [-0.1, -0.05) is 18.2 Å². The van der Waals surface area contributed by atoms with E-state index in [2.05, 4.69) is 24.1 Å². The SMILES string of the molecule is CN(Cc1ccoc1)c1ccccc1CN. The fourth-order valence-electron chi connectivity index (χ4n) is 1.80. The summed E-state index contributed by atoms with van der Waals surface area (Å²) >= 11 is 0. The molecule has 0 atom stereocenters. The van der Waals surface area contributed by atoms with Crippen molar-refractivity contribution >= 4 is 5.69 Å². The Morgan fingerprint density at radius 3 is 2.75 bits per heavy atom. The Labute approximate surface area is 95.5 Å². The summed E-state index contributed by atoms with van der Waals surface area (Å²) in [5.41, 5.74) is 9.21. The van der Waals surface area contributed by atoms with Gasteiger partial charge in [-0.05, 0) is 17.7 Å². The molecule has 16 heavy (non-hydrogen) atoms. The lowest BCUT2D eigenvalue weighted by atomic mass is 10.1. The lowest BCUT2D eigenvalue weighted by Crippen LogP contribution is -2.18. The average Bonchev–Trinajstić information content (AvgIpc) is 2.81. The molecule has 1 heterocycles. The van der Waals surface area contributed by atoms with E-state index in [1.165, 1.54) is 5.69 Å². The molecule has 0 aliphatic carbocycles. The lowest BCUT2D eigenvalue weighted by Gasteiger charge is -2.21. The highest BCUT2D eigenvalue weighted by atomic mass is 16.3. The van der Waals surface area contributed by atoms with E-state index in [1.54, 1.807) is 12.5 Å². The van der Waals surface area contributed by atoms with Crippen LogP contribution in [0.3, 0.4) is 0 Å². The third-order valence-electron chi connectivity index (χ3n) is 2.62. The molecule has 3 heteroatoms. The van der Waals surface area contributed by atoms with Gasteiger partial charge in [-0.3, -0.25) is 0 Å². The highest BCUT2D eigenvalue weighted by Crippen LogP contribution is 2.20. The molecule has 0 radical (unpaired) electrons. The van der Waals surface area contributed by atoms with Gasteiger partial charge in [-0.15, -0.1) is 0 Å². The van der Waals surface area contributed by atoms with E-state index in [9.17, 15) is 0 Å². The van der Waals surface area contributed by atoms with Crippen LogP contribution in [-0.2, 0) is 13.1 Å². The van der Waals surface area contributed by atoms with Crippen molar-refractivity contribution in [2.24, 2.45) is 5.73 Å². The molecule has 0 bridgehead atoms. The zero-order chi connectivity index (χ0) is 11.4. The largest absolute Gasteiger partial charge is 0.472 e. The number of anilines is 1. The molecule has 0 saturated carbocycles. The zero-order valence-corrected chi connectivity index (χ0v) is 9.39. The number of rotatable bonds is 4. The Hall–Kier alpha value is -1.74. The van der Waals surface area contributed by atoms with E-state index in [0.29, 0.717) is 6.54 Å². The smallest absolute Gasteiger partial charge is 0.0952 e. The Balaban J connectivity index is 2.17. The molecule has 84 valence electrons. The summed E-state index contributed by atoms with van der Waals surface area (Å²) in [6.45, 7) is 1.39. The summed E-state index contributed by atoms with van der Waals surface area (Å²) in [7, 11) is 2.06. The van der Waals surface area contributed by atoms with E-state index in [1.807, 2.05) is 18.2 Å². The van der Waals surface area contributed by atoms with Gasteiger partial charge >= 0.3 is 0 Å². The van der Waals surface area contributed by atoms with Crippen molar-refractivity contribution in [2.75, 3.05) is 11.9 Å². The molecule has 0 aliphatic heterocycles. The van der Waals surface area contributed by atoms with Crippen LogP contribution in [0.5, 0.6) is 0 Å². The third-order valence-corrected chi connectivity index (χ3v) is 2.62. The summed E-state index contributed by atoms with van der Waals surface area (Å²) in [5.74, 6) is 0. The maximum absolute atomic E-state index is 5.72. The third kappa shape index (κ3) is 2.25. The van der Waals surface area contributed by atoms with Gasteiger partial charge in [0, 0.05) is 31.4 Å². The van der Waals surface area contributed by atoms with Crippen LogP contribution in [0.4, 0.5) is 5.69 Å². The minimum absolute atomic E-state index is 0.561. The van der Waals surface area contributed by atoms with Crippen LogP contribution in [-0.4, -0.2) is 7.05 Å². The van der Waals surface area contributed by atoms with Gasteiger partial charge in [-0.25, -0.2) is 0 Å². The first kappa shape index (κ1) is 10.8. The molecular formula is C13H16N2O. The van der Waals surface area contributed by atoms with Crippen LogP contribution in [0.25, 0.3) is 0 Å². The van der Waals surface area contributed by atoms with E-state index in [0.717, 1.165) is 17.7 Å². The van der Waals surface area contributed by atoms with Gasteiger partial charge in [0.15, 0.2) is 0 Å². The predicted octanol–water partition coefficient (Wildman–Crippen LogP) is 2.37. The van der Waals surface area contributed by atoms with Crippen LogP contribution in [0.2, 0.25) is 0 Å². The first-order valence-corrected chi connectivity index (χ1v) is 5.31. The quantitative estimate of drug-likeness (QED) is 0.853. The second kappa shape index (κ2) is 4.86. The topological polar surface area (TPSA) is 42.4 Å². The monoisotopic (exact) mass is 216 g/mol. The number of nitrogens with two attached hydrogens (primary N) is 1. The second-order valence-corrected chi connectivity index (χ2v) is 3.82. The Morgan fingerprint density at radius 2 is 2.06 bits per heavy atom. The molecule has 1 aromatic heterocycles. The van der Waals surface area contributed by atoms with E-state index in [-0.39, 0.29) is 0 Å². The van der Waals surface area contributed by atoms with Crippen molar-refractivity contribution in [1.29, 1.82) is 0 Å². The summed E-state index contributed by atoms with van der Waals surface area (Å²) < 4.78 is 5.06. The molecule has 1 aromatic carbocycles. The van der Waals surface area contributed by atoms with Crippen LogP contribution in [0.1, 0.15) is 11.1 Å².